The second-order valence-corrected chi connectivity index (χ2v) is 6.89. The molecule has 0 saturated heterocycles. The first kappa shape index (κ1) is 13.8. The Labute approximate surface area is 124 Å². The van der Waals surface area contributed by atoms with Crippen LogP contribution in [0.4, 0.5) is 0 Å². The third-order valence-electron chi connectivity index (χ3n) is 4.96. The van der Waals surface area contributed by atoms with Crippen molar-refractivity contribution in [1.82, 2.24) is 4.98 Å². The van der Waals surface area contributed by atoms with Crippen LogP contribution < -0.4 is 5.73 Å². The van der Waals surface area contributed by atoms with Gasteiger partial charge in [0.05, 0.1) is 11.1 Å². The van der Waals surface area contributed by atoms with Crippen molar-refractivity contribution in [3.63, 3.8) is 0 Å². The van der Waals surface area contributed by atoms with E-state index in [0.29, 0.717) is 16.5 Å². The van der Waals surface area contributed by atoms with Gasteiger partial charge in [0.2, 0.25) is 0 Å². The zero-order chi connectivity index (χ0) is 15.4. The van der Waals surface area contributed by atoms with Gasteiger partial charge < -0.3 is 10.8 Å². The van der Waals surface area contributed by atoms with E-state index in [1.807, 2.05) is 6.07 Å². The maximum absolute atomic E-state index is 10.3. The van der Waals surface area contributed by atoms with E-state index in [1.54, 1.807) is 18.3 Å². The fourth-order valence-electron chi connectivity index (χ4n) is 3.98. The van der Waals surface area contributed by atoms with E-state index in [9.17, 15) is 10.4 Å². The molecule has 1 aromatic carbocycles. The van der Waals surface area contributed by atoms with Gasteiger partial charge in [0.1, 0.15) is 11.8 Å². The first-order valence-electron chi connectivity index (χ1n) is 7.08. The minimum atomic E-state index is -0.212. The number of hydrogen-bond donors (Lipinski definition) is 2. The molecular formula is C17H19N3O. The second-order valence-electron chi connectivity index (χ2n) is 6.89. The number of aromatic nitrogens is 1. The highest BCUT2D eigenvalue weighted by Crippen LogP contribution is 2.55. The highest BCUT2D eigenvalue weighted by Gasteiger charge is 2.55. The van der Waals surface area contributed by atoms with E-state index < -0.39 is 0 Å². The molecule has 1 heterocycles. The van der Waals surface area contributed by atoms with Crippen LogP contribution in [0.3, 0.4) is 0 Å². The van der Waals surface area contributed by atoms with E-state index in [4.69, 9.17) is 5.73 Å². The van der Waals surface area contributed by atoms with Crippen LogP contribution in [0.2, 0.25) is 0 Å². The van der Waals surface area contributed by atoms with Crippen molar-refractivity contribution in [3.8, 4) is 11.8 Å². The topological polar surface area (TPSA) is 82.9 Å². The molecule has 1 fully saturated rings. The van der Waals surface area contributed by atoms with Crippen LogP contribution in [-0.4, -0.2) is 16.1 Å². The summed E-state index contributed by atoms with van der Waals surface area (Å²) in [7, 11) is 0. The Kier molecular flexibility index (Phi) is 2.76. The number of aromatic hydroxyl groups is 1. The molecule has 3 N–H and O–H groups in total. The van der Waals surface area contributed by atoms with Gasteiger partial charge >= 0.3 is 0 Å². The standard InChI is InChI=1S/C17H19N3O/c1-16(2)9-17(3,15(16)19)11-6-7-20-14-10(8-18)4-5-12(21)13(11)14/h4-7,15,21H,9,19H2,1-3H3. The molecule has 2 atom stereocenters. The molecule has 3 rings (SSSR count). The Morgan fingerprint density at radius 2 is 2.05 bits per heavy atom. The van der Waals surface area contributed by atoms with E-state index in [0.717, 1.165) is 12.0 Å². The Morgan fingerprint density at radius 1 is 1.33 bits per heavy atom. The lowest BCUT2D eigenvalue weighted by Gasteiger charge is -2.58. The van der Waals surface area contributed by atoms with E-state index in [1.165, 1.54) is 0 Å². The van der Waals surface area contributed by atoms with E-state index in [-0.39, 0.29) is 22.6 Å². The maximum Gasteiger partial charge on any atom is 0.125 e. The molecule has 2 unspecified atom stereocenters. The number of nitriles is 1. The smallest absolute Gasteiger partial charge is 0.125 e. The molecule has 21 heavy (non-hydrogen) atoms. The predicted octanol–water partition coefficient (Wildman–Crippen LogP) is 2.83. The number of rotatable bonds is 1. The van der Waals surface area contributed by atoms with Gasteiger partial charge in [0, 0.05) is 23.0 Å². The van der Waals surface area contributed by atoms with Gasteiger partial charge in [-0.25, -0.2) is 0 Å². The van der Waals surface area contributed by atoms with Gasteiger partial charge in [-0.2, -0.15) is 5.26 Å². The summed E-state index contributed by atoms with van der Waals surface area (Å²) in [6, 6.07) is 7.21. The zero-order valence-electron chi connectivity index (χ0n) is 12.5. The number of phenolic OH excluding ortho intramolecular Hbond substituents is 1. The molecule has 1 aromatic heterocycles. The van der Waals surface area contributed by atoms with Crippen LogP contribution in [0.15, 0.2) is 24.4 Å². The fourth-order valence-corrected chi connectivity index (χ4v) is 3.98. The molecule has 1 aliphatic carbocycles. The van der Waals surface area contributed by atoms with Crippen LogP contribution in [0.25, 0.3) is 10.9 Å². The molecule has 108 valence electrons. The highest BCUT2D eigenvalue weighted by molar-refractivity contribution is 5.93. The maximum atomic E-state index is 10.3. The molecular weight excluding hydrogens is 262 g/mol. The number of pyridine rings is 1. The third kappa shape index (κ3) is 1.74. The van der Waals surface area contributed by atoms with Gasteiger partial charge in [-0.1, -0.05) is 20.8 Å². The molecule has 4 heteroatoms. The first-order valence-corrected chi connectivity index (χ1v) is 7.08. The molecule has 0 amide bonds. The lowest BCUT2D eigenvalue weighted by molar-refractivity contribution is 0.0327. The number of nitrogens with zero attached hydrogens (tertiary/aromatic N) is 2. The van der Waals surface area contributed by atoms with Gasteiger partial charge in [0.15, 0.2) is 0 Å². The van der Waals surface area contributed by atoms with Gasteiger partial charge in [-0.15, -0.1) is 0 Å². The van der Waals surface area contributed by atoms with E-state index >= 15 is 0 Å². The molecule has 1 aliphatic rings. The lowest BCUT2D eigenvalue weighted by Crippen LogP contribution is -2.64. The number of hydrogen-bond acceptors (Lipinski definition) is 4. The van der Waals surface area contributed by atoms with Crippen LogP contribution in [0.5, 0.6) is 5.75 Å². The highest BCUT2D eigenvalue weighted by atomic mass is 16.3. The SMILES string of the molecule is CC1(C)CC(C)(c2ccnc3c(C#N)ccc(O)c23)C1N. The van der Waals surface area contributed by atoms with Crippen molar-refractivity contribution in [2.45, 2.75) is 38.6 Å². The van der Waals surface area contributed by atoms with Crippen molar-refractivity contribution >= 4 is 10.9 Å². The summed E-state index contributed by atoms with van der Waals surface area (Å²) in [6.07, 6.45) is 2.64. The Hall–Kier alpha value is -2.12. The summed E-state index contributed by atoms with van der Waals surface area (Å²) in [5.41, 5.74) is 8.28. The average Bonchev–Trinajstić information content (AvgIpc) is 2.46. The van der Waals surface area contributed by atoms with Gasteiger partial charge in [-0.05, 0) is 35.6 Å². The first-order chi connectivity index (χ1) is 9.81. The fraction of sp³-hybridized carbons (Fsp3) is 0.412. The minimum Gasteiger partial charge on any atom is -0.507 e. The summed E-state index contributed by atoms with van der Waals surface area (Å²) < 4.78 is 0. The molecule has 0 aliphatic heterocycles. The average molecular weight is 281 g/mol. The molecule has 2 aromatic rings. The molecule has 4 nitrogen and oxygen atoms in total. The van der Waals surface area contributed by atoms with Crippen LogP contribution in [0, 0.1) is 16.7 Å². The summed E-state index contributed by atoms with van der Waals surface area (Å²) in [5, 5.41) is 20.2. The van der Waals surface area contributed by atoms with Gasteiger partial charge in [0.25, 0.3) is 0 Å². The Morgan fingerprint density at radius 3 is 2.62 bits per heavy atom. The summed E-state index contributed by atoms with van der Waals surface area (Å²) >= 11 is 0. The number of benzene rings is 1. The summed E-state index contributed by atoms with van der Waals surface area (Å²) in [4.78, 5) is 4.28. The molecule has 0 radical (unpaired) electrons. The van der Waals surface area contributed by atoms with Crippen molar-refractivity contribution in [2.24, 2.45) is 11.1 Å². The quantitative estimate of drug-likeness (QED) is 0.842. The van der Waals surface area contributed by atoms with Crippen molar-refractivity contribution in [3.05, 3.63) is 35.5 Å². The minimum absolute atomic E-state index is 0.000687. The van der Waals surface area contributed by atoms with Crippen LogP contribution in [-0.2, 0) is 5.41 Å². The van der Waals surface area contributed by atoms with E-state index in [2.05, 4.69) is 31.8 Å². The predicted molar refractivity (Wildman–Crippen MR) is 81.8 cm³/mol. The normalized spacial score (nSPS) is 27.1. The van der Waals surface area contributed by atoms with Crippen molar-refractivity contribution < 1.29 is 5.11 Å². The second kappa shape index (κ2) is 4.19. The summed E-state index contributed by atoms with van der Waals surface area (Å²) in [6.45, 7) is 6.43. The molecule has 1 saturated carbocycles. The zero-order valence-corrected chi connectivity index (χ0v) is 12.5. The Bertz CT molecular complexity index is 775. The monoisotopic (exact) mass is 281 g/mol. The Balaban J connectivity index is 2.29. The third-order valence-corrected chi connectivity index (χ3v) is 4.96. The summed E-state index contributed by atoms with van der Waals surface area (Å²) in [5.74, 6) is 0.158. The van der Waals surface area contributed by atoms with Crippen LogP contribution in [0.1, 0.15) is 38.3 Å². The van der Waals surface area contributed by atoms with Crippen molar-refractivity contribution in [1.29, 1.82) is 5.26 Å². The molecule has 0 spiro atoms. The largest absolute Gasteiger partial charge is 0.507 e. The van der Waals surface area contributed by atoms with Crippen molar-refractivity contribution in [2.75, 3.05) is 0 Å². The van der Waals surface area contributed by atoms with Gasteiger partial charge in [-0.3, -0.25) is 4.98 Å². The molecule has 0 bridgehead atoms. The van der Waals surface area contributed by atoms with Crippen LogP contribution >= 0.6 is 0 Å². The lowest BCUT2D eigenvalue weighted by atomic mass is 9.49. The number of phenols is 1. The number of nitrogens with two attached hydrogens (primary N) is 1. The number of fused-ring (bicyclic) bond motifs is 1.